The molecule has 0 spiro atoms. The lowest BCUT2D eigenvalue weighted by molar-refractivity contribution is -0.138. The van der Waals surface area contributed by atoms with E-state index in [0.29, 0.717) is 0 Å². The van der Waals surface area contributed by atoms with Crippen LogP contribution in [0.5, 0.6) is 5.75 Å². The van der Waals surface area contributed by atoms with Crippen molar-refractivity contribution in [1.82, 2.24) is 9.97 Å². The van der Waals surface area contributed by atoms with Gasteiger partial charge in [-0.15, -0.1) is 0 Å². The number of hydrogen-bond donors (Lipinski definition) is 3. The summed E-state index contributed by atoms with van der Waals surface area (Å²) in [5, 5.41) is 18.6. The first kappa shape index (κ1) is 12.4. The molecule has 1 saturated heterocycles. The van der Waals surface area contributed by atoms with E-state index in [1.54, 1.807) is 0 Å². The molecule has 0 amide bonds. The third-order valence-corrected chi connectivity index (χ3v) is 2.83. The molecule has 1 aromatic heterocycles. The number of H-pyrrole nitrogens is 1. The second-order valence-corrected chi connectivity index (χ2v) is 3.98. The number of nitrogens with zero attached hydrogens (tertiary/aromatic N) is 2. The summed E-state index contributed by atoms with van der Waals surface area (Å²) < 4.78 is 4.93. The Morgan fingerprint density at radius 1 is 1.67 bits per heavy atom. The average Bonchev–Trinajstić information content (AvgIpc) is 2.71. The molecule has 1 aromatic rings. The number of aliphatic hydroxyl groups is 1. The highest BCUT2D eigenvalue weighted by Crippen LogP contribution is 2.29. The van der Waals surface area contributed by atoms with Crippen LogP contribution in [0.25, 0.3) is 0 Å². The highest BCUT2D eigenvalue weighted by atomic mass is 16.5. The minimum absolute atomic E-state index is 0.0575. The van der Waals surface area contributed by atoms with Gasteiger partial charge in [-0.1, -0.05) is 0 Å². The maximum Gasteiger partial charge on any atom is 0.326 e. The number of ether oxygens (including phenoxy) is 1. The van der Waals surface area contributed by atoms with Gasteiger partial charge in [0.05, 0.1) is 19.5 Å². The number of nitrogens with one attached hydrogen (secondary N) is 1. The van der Waals surface area contributed by atoms with Crippen LogP contribution in [0.3, 0.4) is 0 Å². The standard InChI is InChI=1S/C10H13N3O5/c1-18-7-8(11-4-12-9(7)15)13-3-5(14)2-6(13)10(16)17/h4-6,14H,2-3H2,1H3,(H,16,17)(H,11,12,15). The van der Waals surface area contributed by atoms with Crippen LogP contribution < -0.4 is 15.2 Å². The molecule has 1 fully saturated rings. The number of methoxy groups -OCH3 is 1. The number of anilines is 1. The summed E-state index contributed by atoms with van der Waals surface area (Å²) in [7, 11) is 1.30. The number of carboxylic acids is 1. The Balaban J connectivity index is 2.44. The maximum atomic E-state index is 11.5. The topological polar surface area (TPSA) is 116 Å². The summed E-state index contributed by atoms with van der Waals surface area (Å²) in [4.78, 5) is 30.3. The summed E-state index contributed by atoms with van der Waals surface area (Å²) in [6.07, 6.45) is 0.494. The van der Waals surface area contributed by atoms with Crippen LogP contribution >= 0.6 is 0 Å². The second-order valence-electron chi connectivity index (χ2n) is 3.98. The number of rotatable bonds is 3. The van der Waals surface area contributed by atoms with Crippen LogP contribution in [0.2, 0.25) is 0 Å². The molecule has 8 heteroatoms. The Morgan fingerprint density at radius 2 is 2.39 bits per heavy atom. The number of aromatic nitrogens is 2. The van der Waals surface area contributed by atoms with E-state index in [2.05, 4.69) is 9.97 Å². The van der Waals surface area contributed by atoms with Crippen LogP contribution in [0.4, 0.5) is 5.82 Å². The van der Waals surface area contributed by atoms with E-state index in [1.165, 1.54) is 18.3 Å². The van der Waals surface area contributed by atoms with Crippen molar-refractivity contribution in [3.05, 3.63) is 16.7 Å². The summed E-state index contributed by atoms with van der Waals surface area (Å²) in [6, 6.07) is -0.914. The van der Waals surface area contributed by atoms with E-state index >= 15 is 0 Å². The molecule has 0 aliphatic carbocycles. The Morgan fingerprint density at radius 3 is 3.00 bits per heavy atom. The number of β-amino-alcohol motifs (C(OH)–C–C–N with tert-alkyl or cyclic N) is 1. The zero-order valence-electron chi connectivity index (χ0n) is 9.66. The predicted octanol–water partition coefficient (Wildman–Crippen LogP) is -1.20. The van der Waals surface area contributed by atoms with Crippen LogP contribution in [-0.4, -0.2) is 52.0 Å². The van der Waals surface area contributed by atoms with Crippen molar-refractivity contribution < 1.29 is 19.7 Å². The summed E-state index contributed by atoms with van der Waals surface area (Å²) >= 11 is 0. The fraction of sp³-hybridized carbons (Fsp3) is 0.500. The van der Waals surface area contributed by atoms with Crippen molar-refractivity contribution in [2.75, 3.05) is 18.6 Å². The molecule has 2 unspecified atom stereocenters. The zero-order valence-corrected chi connectivity index (χ0v) is 9.66. The van der Waals surface area contributed by atoms with Crippen LogP contribution in [0.15, 0.2) is 11.1 Å². The third kappa shape index (κ3) is 2.02. The van der Waals surface area contributed by atoms with Crippen molar-refractivity contribution >= 4 is 11.8 Å². The van der Waals surface area contributed by atoms with Gasteiger partial charge in [0.1, 0.15) is 6.04 Å². The Labute approximate surface area is 102 Å². The zero-order chi connectivity index (χ0) is 13.3. The second kappa shape index (κ2) is 4.65. The number of hydrogen-bond acceptors (Lipinski definition) is 6. The molecule has 8 nitrogen and oxygen atoms in total. The molecule has 1 aliphatic rings. The largest absolute Gasteiger partial charge is 0.489 e. The Hall–Kier alpha value is -2.09. The molecule has 0 aromatic carbocycles. The van der Waals surface area contributed by atoms with Gasteiger partial charge in [0.2, 0.25) is 5.75 Å². The molecule has 18 heavy (non-hydrogen) atoms. The third-order valence-electron chi connectivity index (χ3n) is 2.83. The SMILES string of the molecule is COc1c(N2CC(O)CC2C(=O)O)nc[nH]c1=O. The maximum absolute atomic E-state index is 11.5. The van der Waals surface area contributed by atoms with Gasteiger partial charge in [-0.05, 0) is 0 Å². The van der Waals surface area contributed by atoms with Crippen LogP contribution in [-0.2, 0) is 4.79 Å². The van der Waals surface area contributed by atoms with E-state index in [0.717, 1.165) is 0 Å². The molecule has 98 valence electrons. The van der Waals surface area contributed by atoms with Gasteiger partial charge >= 0.3 is 5.97 Å². The summed E-state index contributed by atoms with van der Waals surface area (Å²) in [5.41, 5.74) is -0.493. The number of carbonyl (C=O) groups is 1. The number of aliphatic hydroxyl groups excluding tert-OH is 1. The van der Waals surface area contributed by atoms with Gasteiger partial charge in [-0.2, -0.15) is 0 Å². The van der Waals surface area contributed by atoms with Crippen molar-refractivity contribution in [3.63, 3.8) is 0 Å². The van der Waals surface area contributed by atoms with Crippen molar-refractivity contribution in [1.29, 1.82) is 0 Å². The van der Waals surface area contributed by atoms with Crippen molar-refractivity contribution in [2.45, 2.75) is 18.6 Å². The van der Waals surface area contributed by atoms with E-state index < -0.39 is 23.7 Å². The minimum Gasteiger partial charge on any atom is -0.489 e. The molecule has 1 aliphatic heterocycles. The van der Waals surface area contributed by atoms with Crippen LogP contribution in [0.1, 0.15) is 6.42 Å². The lowest BCUT2D eigenvalue weighted by Crippen LogP contribution is -2.37. The summed E-state index contributed by atoms with van der Waals surface area (Å²) in [5.74, 6) is -1.00. The van der Waals surface area contributed by atoms with Gasteiger partial charge in [0, 0.05) is 13.0 Å². The molecular weight excluding hydrogens is 242 g/mol. The highest BCUT2D eigenvalue weighted by molar-refractivity contribution is 5.79. The van der Waals surface area contributed by atoms with Crippen LogP contribution in [0, 0.1) is 0 Å². The van der Waals surface area contributed by atoms with Gasteiger partial charge in [-0.25, -0.2) is 9.78 Å². The smallest absolute Gasteiger partial charge is 0.326 e. The molecule has 2 heterocycles. The molecule has 2 atom stereocenters. The molecular formula is C10H13N3O5. The Bertz CT molecular complexity index is 514. The monoisotopic (exact) mass is 255 g/mol. The molecule has 0 radical (unpaired) electrons. The number of aromatic amines is 1. The van der Waals surface area contributed by atoms with E-state index in [9.17, 15) is 14.7 Å². The quantitative estimate of drug-likeness (QED) is 0.621. The lowest BCUT2D eigenvalue weighted by atomic mass is 10.2. The van der Waals surface area contributed by atoms with Gasteiger partial charge < -0.3 is 24.8 Å². The molecule has 3 N–H and O–H groups in total. The van der Waals surface area contributed by atoms with Crippen molar-refractivity contribution in [2.24, 2.45) is 0 Å². The number of aliphatic carboxylic acids is 1. The van der Waals surface area contributed by atoms with Crippen molar-refractivity contribution in [3.8, 4) is 5.75 Å². The van der Waals surface area contributed by atoms with E-state index in [1.807, 2.05) is 0 Å². The Kier molecular flexibility index (Phi) is 3.19. The van der Waals surface area contributed by atoms with E-state index in [4.69, 9.17) is 9.84 Å². The average molecular weight is 255 g/mol. The predicted molar refractivity (Wildman–Crippen MR) is 60.8 cm³/mol. The van der Waals surface area contributed by atoms with E-state index in [-0.39, 0.29) is 24.5 Å². The van der Waals surface area contributed by atoms with Gasteiger partial charge in [0.25, 0.3) is 5.56 Å². The van der Waals surface area contributed by atoms with Gasteiger partial charge in [-0.3, -0.25) is 4.79 Å². The molecule has 0 bridgehead atoms. The molecule has 0 saturated carbocycles. The number of carboxylic acid groups (broad SMARTS) is 1. The highest BCUT2D eigenvalue weighted by Gasteiger charge is 2.38. The lowest BCUT2D eigenvalue weighted by Gasteiger charge is -2.23. The first-order chi connectivity index (χ1) is 8.54. The molecule has 2 rings (SSSR count). The fourth-order valence-corrected chi connectivity index (χ4v) is 2.05. The normalized spacial score (nSPS) is 23.1. The summed E-state index contributed by atoms with van der Waals surface area (Å²) in [6.45, 7) is 0.101. The fourth-order valence-electron chi connectivity index (χ4n) is 2.05. The first-order valence-corrected chi connectivity index (χ1v) is 5.33. The van der Waals surface area contributed by atoms with Gasteiger partial charge in [0.15, 0.2) is 5.82 Å². The first-order valence-electron chi connectivity index (χ1n) is 5.33. The minimum atomic E-state index is -1.07.